The molecule has 0 aromatic carbocycles. The van der Waals surface area contributed by atoms with Gasteiger partial charge in [-0.15, -0.1) is 0 Å². The zero-order valence-corrected chi connectivity index (χ0v) is 13.8. The highest BCUT2D eigenvalue weighted by Crippen LogP contribution is 2.21. The van der Waals surface area contributed by atoms with E-state index in [0.29, 0.717) is 12.0 Å². The fourth-order valence-electron chi connectivity index (χ4n) is 2.77. The highest BCUT2D eigenvalue weighted by Gasteiger charge is 2.30. The molecule has 0 amide bonds. The monoisotopic (exact) mass is 333 g/mol. The fourth-order valence-corrected chi connectivity index (χ4v) is 2.77. The Morgan fingerprint density at radius 2 is 2.08 bits per heavy atom. The number of ether oxygens (including phenoxy) is 1. The number of aromatic nitrogens is 2. The maximum atomic E-state index is 12.3. The molecule has 0 bridgehead atoms. The maximum Gasteiger partial charge on any atom is 0.337 e. The first-order valence-corrected chi connectivity index (χ1v) is 7.95. The first kappa shape index (κ1) is 16.2. The number of aryl methyl sites for hydroxylation is 1. The van der Waals surface area contributed by atoms with Crippen LogP contribution < -0.4 is 15.9 Å². The van der Waals surface area contributed by atoms with Gasteiger partial charge in [-0.2, -0.15) is 4.98 Å². The number of nitrogens with zero attached hydrogens (tertiary/aromatic N) is 2. The summed E-state index contributed by atoms with van der Waals surface area (Å²) in [5, 5.41) is 4.29. The van der Waals surface area contributed by atoms with Gasteiger partial charge in [-0.25, -0.2) is 4.79 Å². The van der Waals surface area contributed by atoms with Crippen molar-refractivity contribution in [2.75, 3.05) is 6.61 Å². The molecule has 0 saturated carbocycles. The summed E-state index contributed by atoms with van der Waals surface area (Å²) in [4.78, 5) is 35.8. The van der Waals surface area contributed by atoms with Gasteiger partial charge in [0.15, 0.2) is 0 Å². The molecule has 128 valence electrons. The van der Waals surface area contributed by atoms with E-state index in [2.05, 4.69) is 15.1 Å². The second-order valence-electron chi connectivity index (χ2n) is 5.66. The largest absolute Gasteiger partial charge is 0.464 e. The molecule has 24 heavy (non-hydrogen) atoms. The van der Waals surface area contributed by atoms with Gasteiger partial charge in [0.25, 0.3) is 11.6 Å². The number of hydrogen-bond donors (Lipinski definition) is 1. The van der Waals surface area contributed by atoms with Crippen LogP contribution in [-0.2, 0) is 11.3 Å². The van der Waals surface area contributed by atoms with Gasteiger partial charge in [-0.05, 0) is 25.3 Å². The predicted molar refractivity (Wildman–Crippen MR) is 87.5 cm³/mol. The van der Waals surface area contributed by atoms with E-state index in [9.17, 15) is 9.59 Å². The number of H-pyrrole nitrogens is 1. The standard InChI is InChI=1S/C16H19N3O5/c1-4-9-6-12(20)23-15-13(9)14(21)17-16(18-15)22-7-10-8(3)24-19-11(10)5-2/h6,8,10H,4-5,7H2,1-3H3,(H,17,18,21). The first-order valence-electron chi connectivity index (χ1n) is 7.95. The lowest BCUT2D eigenvalue weighted by Crippen LogP contribution is -2.28. The zero-order valence-electron chi connectivity index (χ0n) is 13.8. The molecule has 0 saturated heterocycles. The van der Waals surface area contributed by atoms with Gasteiger partial charge in [0.05, 0.1) is 11.6 Å². The number of nitrogens with one attached hydrogen (secondary N) is 1. The third-order valence-electron chi connectivity index (χ3n) is 4.15. The van der Waals surface area contributed by atoms with Crippen LogP contribution in [0.2, 0.25) is 0 Å². The summed E-state index contributed by atoms with van der Waals surface area (Å²) < 4.78 is 10.7. The molecule has 0 fully saturated rings. The van der Waals surface area contributed by atoms with Crippen LogP contribution in [0.5, 0.6) is 6.01 Å². The van der Waals surface area contributed by atoms with Crippen molar-refractivity contribution in [3.8, 4) is 6.01 Å². The zero-order chi connectivity index (χ0) is 17.3. The summed E-state index contributed by atoms with van der Waals surface area (Å²) in [7, 11) is 0. The Morgan fingerprint density at radius 3 is 2.79 bits per heavy atom. The molecule has 3 rings (SSSR count). The van der Waals surface area contributed by atoms with Crippen molar-refractivity contribution in [1.82, 2.24) is 9.97 Å². The van der Waals surface area contributed by atoms with Gasteiger partial charge in [0.2, 0.25) is 5.71 Å². The number of fused-ring (bicyclic) bond motifs is 1. The van der Waals surface area contributed by atoms with E-state index in [1.807, 2.05) is 20.8 Å². The van der Waals surface area contributed by atoms with E-state index in [0.717, 1.165) is 12.1 Å². The van der Waals surface area contributed by atoms with Crippen LogP contribution in [0.3, 0.4) is 0 Å². The van der Waals surface area contributed by atoms with Crippen molar-refractivity contribution in [1.29, 1.82) is 0 Å². The molecular formula is C16H19N3O5. The lowest BCUT2D eigenvalue weighted by Gasteiger charge is -2.15. The topological polar surface area (TPSA) is 107 Å². The van der Waals surface area contributed by atoms with Crippen LogP contribution in [0.25, 0.3) is 11.1 Å². The normalized spacial score (nSPS) is 20.0. The minimum Gasteiger partial charge on any atom is -0.464 e. The Balaban J connectivity index is 1.90. The number of oxime groups is 1. The second kappa shape index (κ2) is 6.46. The molecule has 1 aliphatic rings. The highest BCUT2D eigenvalue weighted by atomic mass is 16.6. The number of hydrogen-bond acceptors (Lipinski definition) is 7. The van der Waals surface area contributed by atoms with Crippen LogP contribution in [-0.4, -0.2) is 28.4 Å². The molecule has 0 radical (unpaired) electrons. The predicted octanol–water partition coefficient (Wildman–Crippen LogP) is 1.62. The average molecular weight is 333 g/mol. The molecule has 2 aromatic rings. The third kappa shape index (κ3) is 2.91. The lowest BCUT2D eigenvalue weighted by atomic mass is 9.98. The molecule has 2 atom stereocenters. The van der Waals surface area contributed by atoms with Gasteiger partial charge < -0.3 is 14.0 Å². The Bertz CT molecular complexity index is 899. The van der Waals surface area contributed by atoms with Gasteiger partial charge in [-0.1, -0.05) is 19.0 Å². The summed E-state index contributed by atoms with van der Waals surface area (Å²) in [6, 6.07) is 1.32. The summed E-state index contributed by atoms with van der Waals surface area (Å²) in [5.74, 6) is -0.00927. The van der Waals surface area contributed by atoms with Crippen LogP contribution in [0.15, 0.2) is 25.2 Å². The molecule has 2 unspecified atom stereocenters. The van der Waals surface area contributed by atoms with Crippen molar-refractivity contribution < 1.29 is 14.0 Å². The molecule has 3 heterocycles. The van der Waals surface area contributed by atoms with Crippen LogP contribution in [0.4, 0.5) is 0 Å². The molecule has 1 N–H and O–H groups in total. The molecule has 0 spiro atoms. The lowest BCUT2D eigenvalue weighted by molar-refractivity contribution is 0.0617. The summed E-state index contributed by atoms with van der Waals surface area (Å²) in [5.41, 5.74) is 0.556. The smallest absolute Gasteiger partial charge is 0.337 e. The van der Waals surface area contributed by atoms with E-state index in [1.165, 1.54) is 6.07 Å². The van der Waals surface area contributed by atoms with Gasteiger partial charge in [-0.3, -0.25) is 9.78 Å². The molecule has 2 aromatic heterocycles. The van der Waals surface area contributed by atoms with E-state index in [-0.39, 0.29) is 35.7 Å². The summed E-state index contributed by atoms with van der Waals surface area (Å²) >= 11 is 0. The molecule has 8 heteroatoms. The van der Waals surface area contributed by atoms with Crippen LogP contribution in [0, 0.1) is 5.92 Å². The Labute approximate surface area is 137 Å². The van der Waals surface area contributed by atoms with E-state index >= 15 is 0 Å². The molecular weight excluding hydrogens is 314 g/mol. The van der Waals surface area contributed by atoms with Crippen molar-refractivity contribution >= 4 is 16.8 Å². The van der Waals surface area contributed by atoms with Crippen LogP contribution in [0.1, 0.15) is 32.8 Å². The molecule has 1 aliphatic heterocycles. The Morgan fingerprint density at radius 1 is 1.29 bits per heavy atom. The SMILES string of the molecule is CCC1=NOC(C)C1COc1nc2oc(=O)cc(CC)c2c(=O)[nH]1. The maximum absolute atomic E-state index is 12.3. The molecule has 8 nitrogen and oxygen atoms in total. The molecule has 0 aliphatic carbocycles. The van der Waals surface area contributed by atoms with Gasteiger partial charge in [0.1, 0.15) is 18.1 Å². The van der Waals surface area contributed by atoms with Gasteiger partial charge in [0, 0.05) is 6.07 Å². The van der Waals surface area contributed by atoms with Gasteiger partial charge >= 0.3 is 5.63 Å². The summed E-state index contributed by atoms with van der Waals surface area (Å²) in [6.07, 6.45) is 1.19. The van der Waals surface area contributed by atoms with Crippen molar-refractivity contribution in [2.45, 2.75) is 39.7 Å². The Hall–Kier alpha value is -2.64. The quantitative estimate of drug-likeness (QED) is 0.891. The average Bonchev–Trinajstić information content (AvgIpc) is 2.91. The third-order valence-corrected chi connectivity index (χ3v) is 4.15. The number of rotatable bonds is 5. The fraction of sp³-hybridized carbons (Fsp3) is 0.500. The minimum atomic E-state index is -0.540. The number of aromatic amines is 1. The summed E-state index contributed by atoms with van der Waals surface area (Å²) in [6.45, 7) is 6.01. The second-order valence-corrected chi connectivity index (χ2v) is 5.66. The van der Waals surface area contributed by atoms with E-state index in [1.54, 1.807) is 0 Å². The van der Waals surface area contributed by atoms with Crippen LogP contribution >= 0.6 is 0 Å². The Kier molecular flexibility index (Phi) is 4.37. The van der Waals surface area contributed by atoms with E-state index < -0.39 is 11.2 Å². The minimum absolute atomic E-state index is 0.00927. The highest BCUT2D eigenvalue weighted by molar-refractivity contribution is 5.87. The first-order chi connectivity index (χ1) is 11.5. The van der Waals surface area contributed by atoms with E-state index in [4.69, 9.17) is 14.0 Å². The van der Waals surface area contributed by atoms with Crippen molar-refractivity contribution in [3.05, 3.63) is 32.4 Å². The van der Waals surface area contributed by atoms with Crippen molar-refractivity contribution in [3.63, 3.8) is 0 Å². The van der Waals surface area contributed by atoms with Crippen molar-refractivity contribution in [2.24, 2.45) is 11.1 Å².